The van der Waals surface area contributed by atoms with Crippen molar-refractivity contribution in [3.8, 4) is 11.4 Å². The maximum atomic E-state index is 12.4. The second-order valence-corrected chi connectivity index (χ2v) is 6.41. The fourth-order valence-electron chi connectivity index (χ4n) is 2.61. The Kier molecular flexibility index (Phi) is 5.16. The largest absolute Gasteiger partial charge is 0.405 e. The van der Waals surface area contributed by atoms with Crippen molar-refractivity contribution in [2.75, 3.05) is 11.9 Å². The number of nitrogens with one attached hydrogen (secondary N) is 4. The molecular weight excluding hydrogens is 375 g/mol. The second-order valence-electron chi connectivity index (χ2n) is 6.41. The van der Waals surface area contributed by atoms with Crippen LogP contribution in [0.4, 0.5) is 19.0 Å². The number of carbonyl (C=O) groups is 1. The summed E-state index contributed by atoms with van der Waals surface area (Å²) in [6.07, 6.45) is 2.27. The fourth-order valence-corrected chi connectivity index (χ4v) is 2.61. The van der Waals surface area contributed by atoms with Crippen LogP contribution in [-0.2, 0) is 4.79 Å². The molecule has 3 heterocycles. The minimum absolute atomic E-state index is 0.252. The van der Waals surface area contributed by atoms with Crippen molar-refractivity contribution in [3.05, 3.63) is 31.0 Å². The maximum absolute atomic E-state index is 12.4. The van der Waals surface area contributed by atoms with Gasteiger partial charge in [0.2, 0.25) is 5.91 Å². The van der Waals surface area contributed by atoms with Crippen molar-refractivity contribution in [2.24, 2.45) is 0 Å². The monoisotopic (exact) mass is 394 g/mol. The number of aromatic nitrogens is 5. The van der Waals surface area contributed by atoms with Gasteiger partial charge in [-0.1, -0.05) is 6.92 Å². The standard InChI is InChI=1S/C17H18F3N7O/c1-3-16(2,15(28)24-8-17(18,19)20)27-12-4-5-22-14(26-12)11-7-23-13-10(11)6-21-9-25-13/h4-7,9H,3,8H2,1-2H3,(H,24,28)(H,21,23,25)(H,22,26,27)/p+1/t16-/m0/s1. The molecule has 28 heavy (non-hydrogen) atoms. The van der Waals surface area contributed by atoms with Crippen LogP contribution in [0.3, 0.4) is 0 Å². The number of alkyl halides is 3. The van der Waals surface area contributed by atoms with Gasteiger partial charge in [0.1, 0.15) is 24.1 Å². The van der Waals surface area contributed by atoms with Gasteiger partial charge in [-0.15, -0.1) is 0 Å². The molecule has 3 rings (SSSR count). The maximum Gasteiger partial charge on any atom is 0.405 e. The predicted octanol–water partition coefficient (Wildman–Crippen LogP) is 2.09. The summed E-state index contributed by atoms with van der Waals surface area (Å²) in [7, 11) is 0. The van der Waals surface area contributed by atoms with Crippen LogP contribution < -0.4 is 15.6 Å². The van der Waals surface area contributed by atoms with Crippen LogP contribution in [0.5, 0.6) is 0 Å². The topological polar surface area (TPSA) is 110 Å². The van der Waals surface area contributed by atoms with Gasteiger partial charge >= 0.3 is 6.18 Å². The van der Waals surface area contributed by atoms with Crippen LogP contribution in [0.15, 0.2) is 31.0 Å². The molecule has 0 saturated carbocycles. The van der Waals surface area contributed by atoms with Crippen molar-refractivity contribution >= 4 is 22.8 Å². The molecule has 0 aromatic carbocycles. The number of hydrogen-bond donors (Lipinski definition) is 3. The van der Waals surface area contributed by atoms with Gasteiger partial charge in [-0.2, -0.15) is 13.2 Å². The summed E-state index contributed by atoms with van der Waals surface area (Å²) >= 11 is 0. The van der Waals surface area contributed by atoms with Gasteiger partial charge in [0.15, 0.2) is 5.82 Å². The smallest absolute Gasteiger partial charge is 0.356 e. The highest BCUT2D eigenvalue weighted by Gasteiger charge is 2.35. The summed E-state index contributed by atoms with van der Waals surface area (Å²) in [6, 6.07) is 1.55. The van der Waals surface area contributed by atoms with Crippen molar-refractivity contribution in [2.45, 2.75) is 32.0 Å². The second kappa shape index (κ2) is 7.41. The first-order valence-electron chi connectivity index (χ1n) is 8.52. The number of H-pyrrole nitrogens is 2. The first-order valence-corrected chi connectivity index (χ1v) is 8.52. The lowest BCUT2D eigenvalue weighted by Gasteiger charge is -2.29. The first-order chi connectivity index (χ1) is 13.2. The Hall–Kier alpha value is -3.24. The van der Waals surface area contributed by atoms with E-state index in [-0.39, 0.29) is 6.42 Å². The molecule has 0 fully saturated rings. The zero-order chi connectivity index (χ0) is 20.4. The molecular formula is C17H19F3N7O+. The number of amides is 1. The number of rotatable bonds is 6. The molecule has 11 heteroatoms. The molecule has 0 spiro atoms. The quantitative estimate of drug-likeness (QED) is 0.593. The number of anilines is 1. The number of hydrogen-bond acceptors (Lipinski definition) is 5. The van der Waals surface area contributed by atoms with E-state index in [4.69, 9.17) is 0 Å². The summed E-state index contributed by atoms with van der Waals surface area (Å²) in [6.45, 7) is 1.82. The van der Waals surface area contributed by atoms with Gasteiger partial charge in [-0.25, -0.2) is 15.0 Å². The van der Waals surface area contributed by atoms with Gasteiger partial charge in [0.25, 0.3) is 12.0 Å². The summed E-state index contributed by atoms with van der Waals surface area (Å²) < 4.78 is 37.2. The van der Waals surface area contributed by atoms with Crippen molar-refractivity contribution in [3.63, 3.8) is 0 Å². The molecule has 3 aromatic rings. The van der Waals surface area contributed by atoms with Crippen LogP contribution >= 0.6 is 0 Å². The molecule has 1 amide bonds. The molecule has 0 unspecified atom stereocenters. The molecule has 0 aliphatic heterocycles. The van der Waals surface area contributed by atoms with E-state index in [2.05, 4.69) is 30.2 Å². The molecule has 1 atom stereocenters. The predicted molar refractivity (Wildman–Crippen MR) is 95.1 cm³/mol. The minimum atomic E-state index is -4.48. The van der Waals surface area contributed by atoms with Gasteiger partial charge in [0.05, 0.1) is 10.9 Å². The van der Waals surface area contributed by atoms with Crippen molar-refractivity contribution < 1.29 is 22.9 Å². The average molecular weight is 394 g/mol. The Balaban J connectivity index is 1.84. The highest BCUT2D eigenvalue weighted by molar-refractivity contribution is 5.91. The van der Waals surface area contributed by atoms with Crippen LogP contribution in [0.25, 0.3) is 22.4 Å². The van der Waals surface area contributed by atoms with Crippen LogP contribution in [0, 0.1) is 0 Å². The van der Waals surface area contributed by atoms with Crippen LogP contribution in [0.2, 0.25) is 0 Å². The van der Waals surface area contributed by atoms with E-state index in [0.29, 0.717) is 22.9 Å². The Labute approximate surface area is 158 Å². The summed E-state index contributed by atoms with van der Waals surface area (Å²) in [5, 5.41) is 5.62. The van der Waals surface area contributed by atoms with Gasteiger partial charge in [-0.3, -0.25) is 4.79 Å². The Morgan fingerprint density at radius 3 is 2.82 bits per heavy atom. The molecule has 0 bridgehead atoms. The zero-order valence-corrected chi connectivity index (χ0v) is 15.2. The molecule has 0 radical (unpaired) electrons. The third kappa shape index (κ3) is 4.18. The van der Waals surface area contributed by atoms with E-state index in [1.54, 1.807) is 25.4 Å². The number of aromatic amines is 2. The zero-order valence-electron chi connectivity index (χ0n) is 15.2. The van der Waals surface area contributed by atoms with Gasteiger partial charge in [-0.05, 0) is 24.4 Å². The fraction of sp³-hybridized carbons (Fsp3) is 0.353. The van der Waals surface area contributed by atoms with Gasteiger partial charge < -0.3 is 15.6 Å². The molecule has 0 saturated heterocycles. The molecule has 148 valence electrons. The number of fused-ring (bicyclic) bond motifs is 1. The third-order valence-corrected chi connectivity index (χ3v) is 4.35. The third-order valence-electron chi connectivity index (χ3n) is 4.35. The first kappa shape index (κ1) is 19.5. The van der Waals surface area contributed by atoms with E-state index in [1.165, 1.54) is 19.4 Å². The normalized spacial score (nSPS) is 13.9. The number of halogens is 3. The summed E-state index contributed by atoms with van der Waals surface area (Å²) in [5.41, 5.74) is 0.0789. The molecule has 3 aromatic heterocycles. The molecule has 0 aliphatic carbocycles. The Morgan fingerprint density at radius 1 is 1.32 bits per heavy atom. The van der Waals surface area contributed by atoms with E-state index in [0.717, 1.165) is 5.39 Å². The van der Waals surface area contributed by atoms with Crippen LogP contribution in [-0.4, -0.2) is 44.1 Å². The highest BCUT2D eigenvalue weighted by Crippen LogP contribution is 2.25. The van der Waals surface area contributed by atoms with Gasteiger partial charge in [0, 0.05) is 12.4 Å². The minimum Gasteiger partial charge on any atom is -0.356 e. The summed E-state index contributed by atoms with van der Waals surface area (Å²) in [5.74, 6) is -0.0658. The van der Waals surface area contributed by atoms with E-state index < -0.39 is 24.2 Å². The van der Waals surface area contributed by atoms with E-state index >= 15 is 0 Å². The van der Waals surface area contributed by atoms with Crippen LogP contribution in [0.1, 0.15) is 20.3 Å². The Morgan fingerprint density at radius 2 is 2.11 bits per heavy atom. The molecule has 0 aliphatic rings. The lowest BCUT2D eigenvalue weighted by molar-refractivity contribution is -0.380. The average Bonchev–Trinajstić information content (AvgIpc) is 3.09. The molecule has 8 nitrogen and oxygen atoms in total. The van der Waals surface area contributed by atoms with Crippen molar-refractivity contribution in [1.29, 1.82) is 0 Å². The summed E-state index contributed by atoms with van der Waals surface area (Å²) in [4.78, 5) is 31.0. The number of nitrogens with zero attached hydrogens (tertiary/aromatic N) is 3. The molecule has 4 N–H and O–H groups in total. The Bertz CT molecular complexity index is 988. The highest BCUT2D eigenvalue weighted by atomic mass is 19.4. The van der Waals surface area contributed by atoms with Crippen molar-refractivity contribution in [1.82, 2.24) is 25.3 Å². The van der Waals surface area contributed by atoms with E-state index in [1.807, 2.05) is 5.32 Å². The SMILES string of the molecule is CC[C@](C)(Nc1ccnc(-c2c[nH]c3nc[nH+]cc23)n1)C(=O)NCC(F)(F)F. The lowest BCUT2D eigenvalue weighted by Crippen LogP contribution is -2.52. The lowest BCUT2D eigenvalue weighted by atomic mass is 9.97. The number of carbonyl (C=O) groups excluding carboxylic acids is 1. The van der Waals surface area contributed by atoms with E-state index in [9.17, 15) is 18.0 Å².